The van der Waals surface area contributed by atoms with Crippen molar-refractivity contribution in [2.75, 3.05) is 19.6 Å². The van der Waals surface area contributed by atoms with E-state index < -0.39 is 0 Å². The van der Waals surface area contributed by atoms with Crippen LogP contribution >= 0.6 is 0 Å². The van der Waals surface area contributed by atoms with Gasteiger partial charge < -0.3 is 15.1 Å². The molecule has 1 aromatic rings. The summed E-state index contributed by atoms with van der Waals surface area (Å²) in [6, 6.07) is 1.91. The van der Waals surface area contributed by atoms with Gasteiger partial charge in [0.1, 0.15) is 5.69 Å². The van der Waals surface area contributed by atoms with Gasteiger partial charge in [0.15, 0.2) is 0 Å². The topological polar surface area (TPSA) is 87.5 Å². The van der Waals surface area contributed by atoms with Gasteiger partial charge in [-0.3, -0.25) is 19.1 Å². The van der Waals surface area contributed by atoms with Crippen molar-refractivity contribution in [1.82, 2.24) is 24.9 Å². The highest BCUT2D eigenvalue weighted by atomic mass is 16.2. The van der Waals surface area contributed by atoms with Crippen LogP contribution in [0.5, 0.6) is 0 Å². The fourth-order valence-corrected chi connectivity index (χ4v) is 5.27. The fraction of sp³-hybridized carbons (Fsp3) is 0.700. The quantitative estimate of drug-likeness (QED) is 0.831. The molecule has 4 heterocycles. The van der Waals surface area contributed by atoms with Gasteiger partial charge in [0.2, 0.25) is 11.8 Å². The van der Waals surface area contributed by atoms with Crippen LogP contribution in [0, 0.1) is 11.8 Å². The van der Waals surface area contributed by atoms with E-state index in [0.29, 0.717) is 37.7 Å². The average Bonchev–Trinajstić information content (AvgIpc) is 3.16. The van der Waals surface area contributed by atoms with Gasteiger partial charge in [-0.15, -0.1) is 0 Å². The number of aromatic nitrogens is 2. The van der Waals surface area contributed by atoms with E-state index in [4.69, 9.17) is 0 Å². The zero-order chi connectivity index (χ0) is 19.8. The first-order valence-electron chi connectivity index (χ1n) is 10.4. The molecule has 0 saturated carbocycles. The molecule has 0 aliphatic carbocycles. The average molecular weight is 387 g/mol. The van der Waals surface area contributed by atoms with Crippen LogP contribution in [0.1, 0.15) is 50.0 Å². The number of likely N-dealkylation sites (tertiary alicyclic amines) is 1. The van der Waals surface area contributed by atoms with E-state index in [2.05, 4.69) is 10.4 Å². The summed E-state index contributed by atoms with van der Waals surface area (Å²) in [5.41, 5.74) is 0.483. The second-order valence-electron chi connectivity index (χ2n) is 8.29. The predicted molar refractivity (Wildman–Crippen MR) is 102 cm³/mol. The molecule has 3 aliphatic rings. The largest absolute Gasteiger partial charge is 0.354 e. The molecule has 3 aliphatic heterocycles. The normalized spacial score (nSPS) is 29.4. The van der Waals surface area contributed by atoms with E-state index >= 15 is 0 Å². The third-order valence-corrected chi connectivity index (χ3v) is 6.53. The second kappa shape index (κ2) is 7.56. The minimum absolute atomic E-state index is 0.0317. The molecule has 0 radical (unpaired) electrons. The highest BCUT2D eigenvalue weighted by molar-refractivity contribution is 5.92. The number of amides is 3. The van der Waals surface area contributed by atoms with E-state index in [9.17, 15) is 14.4 Å². The van der Waals surface area contributed by atoms with Crippen LogP contribution in [0.25, 0.3) is 0 Å². The maximum absolute atomic E-state index is 13.1. The molecule has 3 saturated heterocycles. The van der Waals surface area contributed by atoms with Crippen molar-refractivity contribution in [2.45, 2.75) is 58.2 Å². The zero-order valence-corrected chi connectivity index (χ0v) is 16.6. The number of aryl methyl sites for hydroxylation is 1. The van der Waals surface area contributed by atoms with Gasteiger partial charge >= 0.3 is 0 Å². The number of carbonyl (C=O) groups is 3. The monoisotopic (exact) mass is 387 g/mol. The lowest BCUT2D eigenvalue weighted by Crippen LogP contribution is -2.67. The number of piperidine rings is 3. The number of nitrogens with one attached hydrogen (secondary N) is 1. The number of hydrogen-bond donors (Lipinski definition) is 1. The summed E-state index contributed by atoms with van der Waals surface area (Å²) in [4.78, 5) is 41.2. The number of fused-ring (bicyclic) bond motifs is 4. The lowest BCUT2D eigenvalue weighted by atomic mass is 9.72. The number of carbonyl (C=O) groups excluding carboxylic acids is 3. The standard InChI is InChI=1S/C20H29N5O3/c1-3-24-8-7-16(22-24)20(28)23-11-14-9-15(12-23)18(10-21-13(2)26)25-17(14)5-4-6-19(25)27/h7-8,14-15,17-18H,3-6,9-12H2,1-2H3,(H,21,26)/t14-,15+,17+,18+/m1/s1. The fourth-order valence-electron chi connectivity index (χ4n) is 5.27. The Hall–Kier alpha value is -2.38. The Labute approximate surface area is 165 Å². The van der Waals surface area contributed by atoms with Crippen LogP contribution in [0.4, 0.5) is 0 Å². The highest BCUT2D eigenvalue weighted by Gasteiger charge is 2.50. The van der Waals surface area contributed by atoms with Crippen molar-refractivity contribution in [1.29, 1.82) is 0 Å². The summed E-state index contributed by atoms with van der Waals surface area (Å²) in [7, 11) is 0. The van der Waals surface area contributed by atoms with Crippen molar-refractivity contribution < 1.29 is 14.4 Å². The Morgan fingerprint density at radius 3 is 2.79 bits per heavy atom. The smallest absolute Gasteiger partial charge is 0.274 e. The Balaban J connectivity index is 1.57. The maximum Gasteiger partial charge on any atom is 0.274 e. The number of hydrogen-bond acceptors (Lipinski definition) is 4. The van der Waals surface area contributed by atoms with E-state index in [1.807, 2.05) is 22.9 Å². The van der Waals surface area contributed by atoms with Gasteiger partial charge in [-0.2, -0.15) is 5.10 Å². The first-order valence-corrected chi connectivity index (χ1v) is 10.4. The van der Waals surface area contributed by atoms with Gasteiger partial charge in [-0.1, -0.05) is 0 Å². The van der Waals surface area contributed by atoms with E-state index in [1.54, 1.807) is 10.7 Å². The second-order valence-corrected chi connectivity index (χ2v) is 8.29. The highest BCUT2D eigenvalue weighted by Crippen LogP contribution is 2.41. The first-order chi connectivity index (χ1) is 13.5. The third-order valence-electron chi connectivity index (χ3n) is 6.53. The summed E-state index contributed by atoms with van der Waals surface area (Å²) in [5, 5.41) is 7.28. The summed E-state index contributed by atoms with van der Waals surface area (Å²) in [5.74, 6) is 0.561. The minimum Gasteiger partial charge on any atom is -0.354 e. The van der Waals surface area contributed by atoms with Crippen LogP contribution in [0.15, 0.2) is 12.3 Å². The summed E-state index contributed by atoms with van der Waals surface area (Å²) >= 11 is 0. The molecule has 8 heteroatoms. The molecule has 3 fully saturated rings. The molecule has 0 unspecified atom stereocenters. The zero-order valence-electron chi connectivity index (χ0n) is 16.6. The molecule has 28 heavy (non-hydrogen) atoms. The third kappa shape index (κ3) is 3.40. The van der Waals surface area contributed by atoms with Gasteiger partial charge in [0, 0.05) is 51.8 Å². The Morgan fingerprint density at radius 2 is 2.07 bits per heavy atom. The Bertz CT molecular complexity index is 776. The molecule has 1 N–H and O–H groups in total. The lowest BCUT2D eigenvalue weighted by Gasteiger charge is -2.56. The van der Waals surface area contributed by atoms with E-state index in [-0.39, 0.29) is 35.7 Å². The number of nitrogens with zero attached hydrogens (tertiary/aromatic N) is 4. The van der Waals surface area contributed by atoms with Gasteiger partial charge in [-0.05, 0) is 44.1 Å². The SMILES string of the molecule is CCn1ccc(C(=O)N2C[C@H]3C[C@@H](C2)[C@H](CNC(C)=O)N2C(=O)CCC[C@@H]32)n1. The molecular formula is C20H29N5O3. The maximum atomic E-state index is 13.1. The van der Waals surface area contributed by atoms with Gasteiger partial charge in [0.05, 0.1) is 6.04 Å². The van der Waals surface area contributed by atoms with Crippen LogP contribution in [-0.4, -0.2) is 69.0 Å². The summed E-state index contributed by atoms with van der Waals surface area (Å²) in [6.45, 7) is 5.97. The minimum atomic E-state index is -0.0861. The van der Waals surface area contributed by atoms with Gasteiger partial charge in [-0.25, -0.2) is 0 Å². The van der Waals surface area contributed by atoms with Crippen molar-refractivity contribution in [3.63, 3.8) is 0 Å². The number of rotatable bonds is 4. The van der Waals surface area contributed by atoms with Crippen molar-refractivity contribution in [2.24, 2.45) is 11.8 Å². The molecule has 8 nitrogen and oxygen atoms in total. The molecule has 2 bridgehead atoms. The van der Waals surface area contributed by atoms with Crippen molar-refractivity contribution in [3.05, 3.63) is 18.0 Å². The molecule has 0 aromatic carbocycles. The van der Waals surface area contributed by atoms with Crippen LogP contribution < -0.4 is 5.32 Å². The molecule has 0 spiro atoms. The molecule has 3 amide bonds. The molecule has 4 rings (SSSR count). The molecular weight excluding hydrogens is 358 g/mol. The molecule has 1 aromatic heterocycles. The van der Waals surface area contributed by atoms with Crippen molar-refractivity contribution in [3.8, 4) is 0 Å². The van der Waals surface area contributed by atoms with Crippen LogP contribution in [0.2, 0.25) is 0 Å². The Morgan fingerprint density at radius 1 is 1.29 bits per heavy atom. The molecule has 152 valence electrons. The van der Waals surface area contributed by atoms with E-state index in [0.717, 1.165) is 25.8 Å². The predicted octanol–water partition coefficient (Wildman–Crippen LogP) is 0.881. The lowest BCUT2D eigenvalue weighted by molar-refractivity contribution is -0.151. The summed E-state index contributed by atoms with van der Waals surface area (Å²) in [6.07, 6.45) is 5.31. The van der Waals surface area contributed by atoms with E-state index in [1.165, 1.54) is 6.92 Å². The summed E-state index contributed by atoms with van der Waals surface area (Å²) < 4.78 is 1.76. The van der Waals surface area contributed by atoms with Crippen molar-refractivity contribution >= 4 is 17.7 Å². The Kier molecular flexibility index (Phi) is 5.12. The molecule has 4 atom stereocenters. The van der Waals surface area contributed by atoms with Gasteiger partial charge in [0.25, 0.3) is 5.91 Å². The van der Waals surface area contributed by atoms with Crippen LogP contribution in [0.3, 0.4) is 0 Å². The first kappa shape index (κ1) is 19.0. The van der Waals surface area contributed by atoms with Crippen LogP contribution in [-0.2, 0) is 16.1 Å².